The van der Waals surface area contributed by atoms with Crippen LogP contribution in [0.3, 0.4) is 0 Å². The number of Topliss-reactive ketones (excluding diaryl/α,β-unsaturated/α-hetero) is 1. The number of hydrogen-bond donors (Lipinski definition) is 2. The summed E-state index contributed by atoms with van der Waals surface area (Å²) in [6.45, 7) is 3.55. The summed E-state index contributed by atoms with van der Waals surface area (Å²) < 4.78 is 0. The molecule has 0 heterocycles. The fourth-order valence-corrected chi connectivity index (χ4v) is 1.70. The molecule has 0 saturated heterocycles. The van der Waals surface area contributed by atoms with Gasteiger partial charge in [0, 0.05) is 21.7 Å². The highest BCUT2D eigenvalue weighted by atomic mass is 35.5. The van der Waals surface area contributed by atoms with Crippen LogP contribution in [0.15, 0.2) is 18.2 Å². The lowest BCUT2D eigenvalue weighted by Crippen LogP contribution is -2.34. The molecule has 0 unspecified atom stereocenters. The van der Waals surface area contributed by atoms with Gasteiger partial charge in [-0.2, -0.15) is 0 Å². The molecule has 0 aliphatic carbocycles. The molecule has 4 nitrogen and oxygen atoms in total. The minimum atomic E-state index is -0.470. The van der Waals surface area contributed by atoms with Gasteiger partial charge in [0.05, 0.1) is 6.54 Å². The Kier molecular flexibility index (Phi) is 5.44. The highest BCUT2D eigenvalue weighted by Crippen LogP contribution is 2.22. The molecule has 6 heteroatoms. The molecule has 1 aromatic rings. The minimum absolute atomic E-state index is 0.00218. The number of benzene rings is 1. The molecule has 0 aliphatic rings. The summed E-state index contributed by atoms with van der Waals surface area (Å²) in [5.41, 5.74) is 0.474. The summed E-state index contributed by atoms with van der Waals surface area (Å²) in [6, 6.07) is 4.23. The van der Waals surface area contributed by atoms with Gasteiger partial charge in [0.2, 0.25) is 0 Å². The Hall–Kier alpha value is -1.26. The molecular formula is C12H14Cl2N2O2. The number of carbonyl (C=O) groups is 2. The second-order valence-electron chi connectivity index (χ2n) is 4.09. The van der Waals surface area contributed by atoms with Gasteiger partial charge >= 0.3 is 6.03 Å². The first kappa shape index (κ1) is 14.8. The number of halogens is 2. The van der Waals surface area contributed by atoms with E-state index in [1.807, 2.05) is 0 Å². The summed E-state index contributed by atoms with van der Waals surface area (Å²) in [5, 5.41) is 5.87. The van der Waals surface area contributed by atoms with Gasteiger partial charge in [-0.3, -0.25) is 4.79 Å². The van der Waals surface area contributed by atoms with E-state index in [2.05, 4.69) is 10.6 Å². The zero-order valence-corrected chi connectivity index (χ0v) is 11.6. The Morgan fingerprint density at radius 1 is 1.17 bits per heavy atom. The van der Waals surface area contributed by atoms with Crippen molar-refractivity contribution < 1.29 is 9.59 Å². The zero-order chi connectivity index (χ0) is 13.7. The molecule has 0 fully saturated rings. The molecule has 0 aliphatic heterocycles. The molecule has 1 aromatic carbocycles. The molecule has 0 atom stereocenters. The van der Waals surface area contributed by atoms with Gasteiger partial charge in [-0.25, -0.2) is 4.79 Å². The van der Waals surface area contributed by atoms with Crippen molar-refractivity contribution in [3.05, 3.63) is 28.2 Å². The molecule has 0 bridgehead atoms. The molecule has 2 N–H and O–H groups in total. The number of carbonyl (C=O) groups excluding carboxylic acids is 2. The van der Waals surface area contributed by atoms with Gasteiger partial charge in [0.1, 0.15) is 0 Å². The van der Waals surface area contributed by atoms with Crippen LogP contribution >= 0.6 is 23.2 Å². The maximum Gasteiger partial charge on any atom is 0.319 e. The lowest BCUT2D eigenvalue weighted by atomic mass is 10.1. The molecule has 0 radical (unpaired) electrons. The van der Waals surface area contributed by atoms with Crippen molar-refractivity contribution in [1.82, 2.24) is 5.32 Å². The highest BCUT2D eigenvalue weighted by molar-refractivity contribution is 6.35. The Morgan fingerprint density at radius 2 is 1.72 bits per heavy atom. The third-order valence-electron chi connectivity index (χ3n) is 2.19. The number of hydrogen-bond acceptors (Lipinski definition) is 2. The van der Waals surface area contributed by atoms with Gasteiger partial charge in [-0.05, 0) is 18.2 Å². The van der Waals surface area contributed by atoms with Crippen LogP contribution in [0.1, 0.15) is 13.8 Å². The predicted octanol–water partition coefficient (Wildman–Crippen LogP) is 3.34. The van der Waals surface area contributed by atoms with Crippen LogP contribution in [0.2, 0.25) is 10.0 Å². The SMILES string of the molecule is CC(C)C(=O)CNC(=O)Nc1cc(Cl)cc(Cl)c1. The van der Waals surface area contributed by atoms with E-state index in [1.165, 1.54) is 0 Å². The fourth-order valence-electron chi connectivity index (χ4n) is 1.17. The molecule has 1 rings (SSSR count). The van der Waals surface area contributed by atoms with Crippen LogP contribution in [-0.2, 0) is 4.79 Å². The largest absolute Gasteiger partial charge is 0.331 e. The predicted molar refractivity (Wildman–Crippen MR) is 73.3 cm³/mol. The van der Waals surface area contributed by atoms with Crippen molar-refractivity contribution in [3.8, 4) is 0 Å². The van der Waals surface area contributed by atoms with Crippen molar-refractivity contribution in [3.63, 3.8) is 0 Å². The first-order valence-electron chi connectivity index (χ1n) is 5.42. The number of anilines is 1. The smallest absolute Gasteiger partial charge is 0.319 e. The van der Waals surface area contributed by atoms with Crippen molar-refractivity contribution in [1.29, 1.82) is 0 Å². The third kappa shape index (κ3) is 4.94. The number of nitrogens with one attached hydrogen (secondary N) is 2. The van der Waals surface area contributed by atoms with Crippen LogP contribution in [0, 0.1) is 5.92 Å². The molecule has 0 aromatic heterocycles. The van der Waals surface area contributed by atoms with Crippen molar-refractivity contribution >= 4 is 40.7 Å². The lowest BCUT2D eigenvalue weighted by molar-refractivity contribution is -0.120. The van der Waals surface area contributed by atoms with E-state index < -0.39 is 6.03 Å². The molecular weight excluding hydrogens is 275 g/mol. The fraction of sp³-hybridized carbons (Fsp3) is 0.333. The third-order valence-corrected chi connectivity index (χ3v) is 2.62. The van der Waals surface area contributed by atoms with E-state index in [-0.39, 0.29) is 18.2 Å². The summed E-state index contributed by atoms with van der Waals surface area (Å²) >= 11 is 11.6. The second kappa shape index (κ2) is 6.61. The van der Waals surface area contributed by atoms with Crippen LogP contribution < -0.4 is 10.6 Å². The van der Waals surface area contributed by atoms with E-state index in [9.17, 15) is 9.59 Å². The zero-order valence-electron chi connectivity index (χ0n) is 10.1. The van der Waals surface area contributed by atoms with E-state index >= 15 is 0 Å². The van der Waals surface area contributed by atoms with E-state index in [4.69, 9.17) is 23.2 Å². The van der Waals surface area contributed by atoms with E-state index in [0.29, 0.717) is 15.7 Å². The summed E-state index contributed by atoms with van der Waals surface area (Å²) in [7, 11) is 0. The second-order valence-corrected chi connectivity index (χ2v) is 4.96. The summed E-state index contributed by atoms with van der Waals surface area (Å²) in [4.78, 5) is 22.8. The van der Waals surface area contributed by atoms with Gasteiger partial charge in [0.15, 0.2) is 5.78 Å². The molecule has 98 valence electrons. The number of amides is 2. The molecule has 2 amide bonds. The Morgan fingerprint density at radius 3 is 2.22 bits per heavy atom. The van der Waals surface area contributed by atoms with Crippen LogP contribution in [0.4, 0.5) is 10.5 Å². The van der Waals surface area contributed by atoms with Crippen LogP contribution in [-0.4, -0.2) is 18.4 Å². The van der Waals surface area contributed by atoms with Gasteiger partial charge in [-0.15, -0.1) is 0 Å². The topological polar surface area (TPSA) is 58.2 Å². The normalized spacial score (nSPS) is 10.3. The minimum Gasteiger partial charge on any atom is -0.331 e. The quantitative estimate of drug-likeness (QED) is 0.893. The highest BCUT2D eigenvalue weighted by Gasteiger charge is 2.09. The standard InChI is InChI=1S/C12H14Cl2N2O2/c1-7(2)11(17)6-15-12(18)16-10-4-8(13)3-9(14)5-10/h3-5,7H,6H2,1-2H3,(H2,15,16,18). The lowest BCUT2D eigenvalue weighted by Gasteiger charge is -2.09. The van der Waals surface area contributed by atoms with Crippen molar-refractivity contribution in [2.24, 2.45) is 5.92 Å². The first-order valence-corrected chi connectivity index (χ1v) is 6.17. The van der Waals surface area contributed by atoms with Crippen LogP contribution in [0.25, 0.3) is 0 Å². The molecule has 0 saturated carbocycles. The van der Waals surface area contributed by atoms with Gasteiger partial charge < -0.3 is 10.6 Å². The first-order chi connectivity index (χ1) is 8.38. The summed E-state index contributed by atoms with van der Waals surface area (Å²) in [6.07, 6.45) is 0. The number of urea groups is 1. The van der Waals surface area contributed by atoms with Crippen LogP contribution in [0.5, 0.6) is 0 Å². The average molecular weight is 289 g/mol. The molecule has 0 spiro atoms. The average Bonchev–Trinajstić information content (AvgIpc) is 2.24. The maximum atomic E-state index is 11.5. The Labute approximate surface area is 116 Å². The van der Waals surface area contributed by atoms with E-state index in [0.717, 1.165) is 0 Å². The maximum absolute atomic E-state index is 11.5. The Bertz CT molecular complexity index is 441. The molecule has 18 heavy (non-hydrogen) atoms. The van der Waals surface area contributed by atoms with Crippen molar-refractivity contribution in [2.75, 3.05) is 11.9 Å². The summed E-state index contributed by atoms with van der Waals surface area (Å²) in [5.74, 6) is -0.139. The number of ketones is 1. The van der Waals surface area contributed by atoms with Gasteiger partial charge in [0.25, 0.3) is 0 Å². The van der Waals surface area contributed by atoms with E-state index in [1.54, 1.807) is 32.0 Å². The number of rotatable bonds is 4. The van der Waals surface area contributed by atoms with Crippen molar-refractivity contribution in [2.45, 2.75) is 13.8 Å². The monoisotopic (exact) mass is 288 g/mol. The van der Waals surface area contributed by atoms with Gasteiger partial charge in [-0.1, -0.05) is 37.0 Å². The Balaban J connectivity index is 2.52.